The number of ether oxygens (including phenoxy) is 1. The highest BCUT2D eigenvalue weighted by Crippen LogP contribution is 2.26. The third kappa shape index (κ3) is 4.23. The Morgan fingerprint density at radius 2 is 2.33 bits per heavy atom. The van der Waals surface area contributed by atoms with Crippen molar-refractivity contribution >= 4 is 39.9 Å². The third-order valence-corrected chi connectivity index (χ3v) is 5.81. The first-order chi connectivity index (χ1) is 12.9. The van der Waals surface area contributed by atoms with Crippen molar-refractivity contribution in [1.82, 2.24) is 20.3 Å². The molecule has 0 saturated carbocycles. The zero-order valence-electron chi connectivity index (χ0n) is 14.9. The van der Waals surface area contributed by atoms with Gasteiger partial charge in [0.2, 0.25) is 0 Å². The van der Waals surface area contributed by atoms with Gasteiger partial charge in [0.1, 0.15) is 4.88 Å². The number of aryl methyl sites for hydroxylation is 1. The molecule has 2 aromatic heterocycles. The number of halogens is 1. The molecule has 0 radical (unpaired) electrons. The molecule has 27 heavy (non-hydrogen) atoms. The van der Waals surface area contributed by atoms with Gasteiger partial charge >= 0.3 is 5.97 Å². The fraction of sp³-hybridized carbons (Fsp3) is 0.500. The van der Waals surface area contributed by atoms with Crippen molar-refractivity contribution in [3.8, 4) is 0 Å². The van der Waals surface area contributed by atoms with Crippen LogP contribution < -0.4 is 10.2 Å². The number of anilines is 1. The van der Waals surface area contributed by atoms with E-state index in [2.05, 4.69) is 20.3 Å². The molecule has 3 N–H and O–H groups in total. The standard InChI is InChI=1S/C16H20ClN5O4S/c1-3-8-12(17)21-13(19-8)14(23)20-9-4-5-22(7-10(9)26-2)16-18-6-11(27-16)15(24)25/h6,9-10H,3-5,7H2,1-2H3,(H,19,21)(H,20,23)(H,24,25)/t9-,10+/m0/s1. The number of thiazole rings is 1. The molecule has 1 fully saturated rings. The number of carboxylic acids is 1. The minimum absolute atomic E-state index is 0.181. The van der Waals surface area contributed by atoms with Gasteiger partial charge in [-0.05, 0) is 12.8 Å². The van der Waals surface area contributed by atoms with E-state index in [-0.39, 0.29) is 28.8 Å². The first-order valence-corrected chi connectivity index (χ1v) is 9.64. The highest BCUT2D eigenvalue weighted by atomic mass is 35.5. The lowest BCUT2D eigenvalue weighted by molar-refractivity contribution is 0.0538. The van der Waals surface area contributed by atoms with Gasteiger partial charge in [0.15, 0.2) is 16.1 Å². The van der Waals surface area contributed by atoms with Crippen molar-refractivity contribution in [3.05, 3.63) is 27.7 Å². The van der Waals surface area contributed by atoms with Gasteiger partial charge < -0.3 is 25.0 Å². The lowest BCUT2D eigenvalue weighted by Gasteiger charge is -2.37. The normalized spacial score (nSPS) is 19.9. The summed E-state index contributed by atoms with van der Waals surface area (Å²) in [5, 5.41) is 12.9. The van der Waals surface area contributed by atoms with E-state index in [1.54, 1.807) is 7.11 Å². The number of piperidine rings is 1. The molecule has 1 saturated heterocycles. The Labute approximate surface area is 164 Å². The van der Waals surface area contributed by atoms with Crippen LogP contribution >= 0.6 is 22.9 Å². The van der Waals surface area contributed by atoms with Gasteiger partial charge in [0, 0.05) is 20.2 Å². The lowest BCUT2D eigenvalue weighted by Crippen LogP contribution is -2.55. The van der Waals surface area contributed by atoms with Gasteiger partial charge in [0.05, 0.1) is 24.0 Å². The number of nitrogens with one attached hydrogen (secondary N) is 2. The van der Waals surface area contributed by atoms with Crippen LogP contribution in [-0.2, 0) is 11.2 Å². The van der Waals surface area contributed by atoms with E-state index in [4.69, 9.17) is 21.4 Å². The van der Waals surface area contributed by atoms with Crippen molar-refractivity contribution in [2.75, 3.05) is 25.1 Å². The molecule has 1 aliphatic rings. The minimum atomic E-state index is -0.993. The first kappa shape index (κ1) is 19.6. The number of aromatic carboxylic acids is 1. The van der Waals surface area contributed by atoms with Gasteiger partial charge in [0.25, 0.3) is 5.91 Å². The van der Waals surface area contributed by atoms with E-state index in [1.807, 2.05) is 11.8 Å². The third-order valence-electron chi connectivity index (χ3n) is 4.45. The Bertz CT molecular complexity index is 839. The highest BCUT2D eigenvalue weighted by molar-refractivity contribution is 7.17. The van der Waals surface area contributed by atoms with Crippen molar-refractivity contribution in [2.24, 2.45) is 0 Å². The number of H-pyrrole nitrogens is 1. The van der Waals surface area contributed by atoms with Crippen LogP contribution in [0.2, 0.25) is 5.15 Å². The summed E-state index contributed by atoms with van der Waals surface area (Å²) in [5.41, 5.74) is 0.720. The number of methoxy groups -OCH3 is 1. The second-order valence-electron chi connectivity index (χ2n) is 6.11. The van der Waals surface area contributed by atoms with Gasteiger partial charge in [-0.25, -0.2) is 14.8 Å². The number of aromatic nitrogens is 3. The smallest absolute Gasteiger partial charge is 0.347 e. The number of rotatable bonds is 6. The topological polar surface area (TPSA) is 120 Å². The molecule has 2 aromatic rings. The molecule has 2 atom stereocenters. The number of hydrogen-bond donors (Lipinski definition) is 3. The number of hydrogen-bond acceptors (Lipinski definition) is 7. The Morgan fingerprint density at radius 3 is 2.93 bits per heavy atom. The van der Waals surface area contributed by atoms with Crippen LogP contribution in [0.15, 0.2) is 6.20 Å². The molecule has 146 valence electrons. The molecule has 3 heterocycles. The summed E-state index contributed by atoms with van der Waals surface area (Å²) in [7, 11) is 1.58. The van der Waals surface area contributed by atoms with E-state index in [9.17, 15) is 9.59 Å². The minimum Gasteiger partial charge on any atom is -0.477 e. The first-order valence-electron chi connectivity index (χ1n) is 8.45. The van der Waals surface area contributed by atoms with Gasteiger partial charge in [-0.15, -0.1) is 0 Å². The SMILES string of the molecule is CCc1[nH]c(C(=O)N[C@H]2CCN(c3ncc(C(=O)O)s3)C[C@H]2OC)nc1Cl. The Balaban J connectivity index is 1.65. The summed E-state index contributed by atoms with van der Waals surface area (Å²) in [6.07, 6.45) is 2.37. The summed E-state index contributed by atoms with van der Waals surface area (Å²) < 4.78 is 5.54. The summed E-state index contributed by atoms with van der Waals surface area (Å²) in [4.78, 5) is 36.8. The summed E-state index contributed by atoms with van der Waals surface area (Å²) in [6.45, 7) is 3.04. The second-order valence-corrected chi connectivity index (χ2v) is 7.48. The van der Waals surface area contributed by atoms with Gasteiger partial charge in [-0.3, -0.25) is 4.79 Å². The van der Waals surface area contributed by atoms with E-state index in [0.29, 0.717) is 36.2 Å². The Hall–Kier alpha value is -2.17. The van der Waals surface area contributed by atoms with E-state index in [0.717, 1.165) is 17.0 Å². The number of imidazole rings is 1. The molecule has 1 aliphatic heterocycles. The fourth-order valence-electron chi connectivity index (χ4n) is 2.97. The van der Waals surface area contributed by atoms with Crippen LogP contribution in [0.1, 0.15) is 39.3 Å². The molecular weight excluding hydrogens is 394 g/mol. The average molecular weight is 414 g/mol. The van der Waals surface area contributed by atoms with Crippen LogP contribution in [0, 0.1) is 0 Å². The molecule has 0 aromatic carbocycles. The monoisotopic (exact) mass is 413 g/mol. The molecular formula is C16H20ClN5O4S. The lowest BCUT2D eigenvalue weighted by atomic mass is 10.0. The maximum atomic E-state index is 12.5. The summed E-state index contributed by atoms with van der Waals surface area (Å²) in [6, 6.07) is -0.202. The molecule has 0 bridgehead atoms. The molecule has 1 amide bonds. The zero-order chi connectivity index (χ0) is 19.6. The van der Waals surface area contributed by atoms with Gasteiger partial charge in [-0.2, -0.15) is 0 Å². The summed E-state index contributed by atoms with van der Waals surface area (Å²) in [5.74, 6) is -1.15. The van der Waals surface area contributed by atoms with Crippen molar-refractivity contribution < 1.29 is 19.4 Å². The number of carboxylic acid groups (broad SMARTS) is 1. The van der Waals surface area contributed by atoms with Crippen LogP contribution in [0.5, 0.6) is 0 Å². The molecule has 9 nitrogen and oxygen atoms in total. The molecule has 11 heteroatoms. The highest BCUT2D eigenvalue weighted by Gasteiger charge is 2.32. The van der Waals surface area contributed by atoms with E-state index in [1.165, 1.54) is 6.20 Å². The number of carbonyl (C=O) groups excluding carboxylic acids is 1. The molecule has 0 aliphatic carbocycles. The number of carbonyl (C=O) groups is 2. The zero-order valence-corrected chi connectivity index (χ0v) is 16.4. The van der Waals surface area contributed by atoms with Crippen molar-refractivity contribution in [1.29, 1.82) is 0 Å². The number of nitrogens with zero attached hydrogens (tertiary/aromatic N) is 3. The fourth-order valence-corrected chi connectivity index (χ4v) is 4.03. The second kappa shape index (κ2) is 8.24. The Kier molecular flexibility index (Phi) is 5.98. The maximum absolute atomic E-state index is 12.5. The number of aromatic amines is 1. The van der Waals surface area contributed by atoms with Gasteiger partial charge in [-0.1, -0.05) is 29.9 Å². The predicted molar refractivity (Wildman–Crippen MR) is 101 cm³/mol. The van der Waals surface area contributed by atoms with Crippen molar-refractivity contribution in [2.45, 2.75) is 31.9 Å². The van der Waals surface area contributed by atoms with Crippen LogP contribution in [0.3, 0.4) is 0 Å². The molecule has 0 spiro atoms. The quantitative estimate of drug-likeness (QED) is 0.660. The van der Waals surface area contributed by atoms with Crippen molar-refractivity contribution in [3.63, 3.8) is 0 Å². The average Bonchev–Trinajstić information content (AvgIpc) is 3.29. The van der Waals surface area contributed by atoms with Crippen LogP contribution in [-0.4, -0.2) is 64.3 Å². The van der Waals surface area contributed by atoms with Crippen LogP contribution in [0.25, 0.3) is 0 Å². The Morgan fingerprint density at radius 1 is 1.56 bits per heavy atom. The summed E-state index contributed by atoms with van der Waals surface area (Å²) >= 11 is 7.12. The van der Waals surface area contributed by atoms with Crippen LogP contribution in [0.4, 0.5) is 5.13 Å². The molecule has 3 rings (SSSR count). The predicted octanol–water partition coefficient (Wildman–Crippen LogP) is 1.80. The largest absolute Gasteiger partial charge is 0.477 e. The van der Waals surface area contributed by atoms with E-state index >= 15 is 0 Å². The maximum Gasteiger partial charge on any atom is 0.347 e. The van der Waals surface area contributed by atoms with E-state index < -0.39 is 5.97 Å². The number of amides is 1. The molecule has 0 unspecified atom stereocenters.